The van der Waals surface area contributed by atoms with Gasteiger partial charge in [0, 0.05) is 18.4 Å². The minimum absolute atomic E-state index is 0.649. The van der Waals surface area contributed by atoms with Crippen molar-refractivity contribution in [2.24, 2.45) is 5.73 Å². The van der Waals surface area contributed by atoms with E-state index in [0.717, 1.165) is 6.54 Å². The van der Waals surface area contributed by atoms with Gasteiger partial charge in [0.25, 0.3) is 0 Å². The fraction of sp³-hybridized carbons (Fsp3) is 0.0909. The molecule has 0 aliphatic heterocycles. The van der Waals surface area contributed by atoms with Crippen LogP contribution in [0.3, 0.4) is 0 Å². The van der Waals surface area contributed by atoms with E-state index in [9.17, 15) is 0 Å². The van der Waals surface area contributed by atoms with Gasteiger partial charge < -0.3 is 11.1 Å². The Kier molecular flexibility index (Phi) is 3.64. The average Bonchev–Trinajstić information content (AvgIpc) is 2.19. The van der Waals surface area contributed by atoms with E-state index in [0.29, 0.717) is 5.70 Å². The molecule has 0 saturated heterocycles. The summed E-state index contributed by atoms with van der Waals surface area (Å²) in [6.07, 6.45) is 3.36. The molecule has 3 N–H and O–H groups in total. The molecule has 0 unspecified atom stereocenters. The van der Waals surface area contributed by atoms with E-state index in [-0.39, 0.29) is 0 Å². The average molecular weight is 174 g/mol. The summed E-state index contributed by atoms with van der Waals surface area (Å²) >= 11 is 0. The van der Waals surface area contributed by atoms with Gasteiger partial charge in [0.2, 0.25) is 0 Å². The zero-order valence-corrected chi connectivity index (χ0v) is 7.53. The number of rotatable bonds is 4. The van der Waals surface area contributed by atoms with Gasteiger partial charge in [-0.3, -0.25) is 0 Å². The maximum Gasteiger partial charge on any atom is 0.0467 e. The van der Waals surface area contributed by atoms with Gasteiger partial charge in [-0.1, -0.05) is 36.9 Å². The summed E-state index contributed by atoms with van der Waals surface area (Å²) in [6.45, 7) is 4.34. The van der Waals surface area contributed by atoms with E-state index in [1.165, 1.54) is 5.56 Å². The van der Waals surface area contributed by atoms with Crippen LogP contribution >= 0.6 is 0 Å². The molecule has 0 atom stereocenters. The minimum Gasteiger partial charge on any atom is -0.398 e. The van der Waals surface area contributed by atoms with Gasteiger partial charge in [-0.05, 0) is 11.6 Å². The third-order valence-electron chi connectivity index (χ3n) is 1.65. The topological polar surface area (TPSA) is 38.0 Å². The first-order valence-corrected chi connectivity index (χ1v) is 4.18. The maximum atomic E-state index is 5.52. The van der Waals surface area contributed by atoms with Crippen LogP contribution in [0.15, 0.2) is 54.9 Å². The highest BCUT2D eigenvalue weighted by Gasteiger charge is 1.86. The van der Waals surface area contributed by atoms with Crippen LogP contribution in [0, 0.1) is 0 Å². The number of nitrogens with one attached hydrogen (secondary N) is 1. The number of hydrogen-bond donors (Lipinski definition) is 2. The molecular formula is C11H14N2. The predicted octanol–water partition coefficient (Wildman–Crippen LogP) is 1.76. The Bertz CT molecular complexity index is 288. The normalized spacial score (nSPS) is 10.9. The quantitative estimate of drug-likeness (QED) is 0.683. The van der Waals surface area contributed by atoms with Crippen molar-refractivity contribution in [3.05, 3.63) is 60.4 Å². The summed E-state index contributed by atoms with van der Waals surface area (Å²) in [4.78, 5) is 0. The molecule has 1 aromatic rings. The van der Waals surface area contributed by atoms with Crippen LogP contribution in [0.4, 0.5) is 0 Å². The van der Waals surface area contributed by atoms with Gasteiger partial charge in [0.05, 0.1) is 0 Å². The monoisotopic (exact) mass is 174 g/mol. The van der Waals surface area contributed by atoms with Crippen molar-refractivity contribution in [1.29, 1.82) is 0 Å². The minimum atomic E-state index is 0.649. The lowest BCUT2D eigenvalue weighted by atomic mass is 10.2. The molecule has 0 radical (unpaired) electrons. The highest BCUT2D eigenvalue weighted by molar-refractivity contribution is 5.16. The maximum absolute atomic E-state index is 5.52. The van der Waals surface area contributed by atoms with Crippen LogP contribution in [0.1, 0.15) is 5.56 Å². The van der Waals surface area contributed by atoms with Crippen LogP contribution < -0.4 is 11.1 Å². The predicted molar refractivity (Wildman–Crippen MR) is 55.7 cm³/mol. The highest BCUT2D eigenvalue weighted by atomic mass is 14.8. The van der Waals surface area contributed by atoms with Crippen LogP contribution in [-0.2, 0) is 6.54 Å². The molecule has 0 heterocycles. The second-order valence-electron chi connectivity index (χ2n) is 2.71. The van der Waals surface area contributed by atoms with Crippen molar-refractivity contribution in [3.63, 3.8) is 0 Å². The Labute approximate surface area is 78.8 Å². The molecule has 0 bridgehead atoms. The molecule has 0 aliphatic carbocycles. The highest BCUT2D eigenvalue weighted by Crippen LogP contribution is 1.97. The Balaban J connectivity index is 2.40. The van der Waals surface area contributed by atoms with Crippen molar-refractivity contribution < 1.29 is 0 Å². The Morgan fingerprint density at radius 2 is 2.08 bits per heavy atom. The summed E-state index contributed by atoms with van der Waals surface area (Å²) < 4.78 is 0. The summed E-state index contributed by atoms with van der Waals surface area (Å²) in [5.74, 6) is 0. The molecule has 0 aliphatic rings. The van der Waals surface area contributed by atoms with Gasteiger partial charge in [-0.15, -0.1) is 0 Å². The van der Waals surface area contributed by atoms with Crippen LogP contribution in [0.5, 0.6) is 0 Å². The molecule has 13 heavy (non-hydrogen) atoms. The van der Waals surface area contributed by atoms with E-state index in [2.05, 4.69) is 24.0 Å². The van der Waals surface area contributed by atoms with E-state index in [4.69, 9.17) is 5.73 Å². The standard InChI is InChI=1S/C11H14N2/c1-2-11(12)9-13-8-10-6-4-3-5-7-10/h2-7,9,13H,1,8,12H2/b11-9-. The first kappa shape index (κ1) is 9.39. The summed E-state index contributed by atoms with van der Waals surface area (Å²) in [5.41, 5.74) is 7.40. The summed E-state index contributed by atoms with van der Waals surface area (Å²) in [5, 5.41) is 3.09. The molecule has 0 saturated carbocycles. The number of nitrogens with two attached hydrogens (primary N) is 1. The molecule has 2 heteroatoms. The van der Waals surface area contributed by atoms with Crippen LogP contribution in [-0.4, -0.2) is 0 Å². The largest absolute Gasteiger partial charge is 0.398 e. The Hall–Kier alpha value is -1.70. The van der Waals surface area contributed by atoms with E-state index < -0.39 is 0 Å². The first-order chi connectivity index (χ1) is 6.33. The fourth-order valence-corrected chi connectivity index (χ4v) is 0.942. The lowest BCUT2D eigenvalue weighted by Gasteiger charge is -2.01. The van der Waals surface area contributed by atoms with Crippen molar-refractivity contribution in [2.75, 3.05) is 0 Å². The van der Waals surface area contributed by atoms with E-state index in [1.54, 1.807) is 12.3 Å². The van der Waals surface area contributed by atoms with Crippen molar-refractivity contribution in [3.8, 4) is 0 Å². The molecule has 1 aromatic carbocycles. The van der Waals surface area contributed by atoms with Gasteiger partial charge in [-0.25, -0.2) is 0 Å². The number of allylic oxidation sites excluding steroid dienone is 1. The number of hydrogen-bond acceptors (Lipinski definition) is 2. The lowest BCUT2D eigenvalue weighted by Crippen LogP contribution is -2.08. The molecule has 1 rings (SSSR count). The second-order valence-corrected chi connectivity index (χ2v) is 2.71. The van der Waals surface area contributed by atoms with Gasteiger partial charge in [0.1, 0.15) is 0 Å². The molecular weight excluding hydrogens is 160 g/mol. The molecule has 2 nitrogen and oxygen atoms in total. The van der Waals surface area contributed by atoms with Crippen molar-refractivity contribution in [2.45, 2.75) is 6.54 Å². The fourth-order valence-electron chi connectivity index (χ4n) is 0.942. The van der Waals surface area contributed by atoms with E-state index >= 15 is 0 Å². The smallest absolute Gasteiger partial charge is 0.0467 e. The third kappa shape index (κ3) is 3.47. The van der Waals surface area contributed by atoms with Crippen LogP contribution in [0.25, 0.3) is 0 Å². The summed E-state index contributed by atoms with van der Waals surface area (Å²) in [6, 6.07) is 10.1. The second kappa shape index (κ2) is 5.04. The molecule has 0 spiro atoms. The lowest BCUT2D eigenvalue weighted by molar-refractivity contribution is 0.862. The van der Waals surface area contributed by atoms with Gasteiger partial charge >= 0.3 is 0 Å². The van der Waals surface area contributed by atoms with Gasteiger partial charge in [-0.2, -0.15) is 0 Å². The number of benzene rings is 1. The zero-order chi connectivity index (χ0) is 9.52. The van der Waals surface area contributed by atoms with Crippen molar-refractivity contribution in [1.82, 2.24) is 5.32 Å². The van der Waals surface area contributed by atoms with E-state index in [1.807, 2.05) is 18.2 Å². The third-order valence-corrected chi connectivity index (χ3v) is 1.65. The molecule has 0 aromatic heterocycles. The zero-order valence-electron chi connectivity index (χ0n) is 7.53. The van der Waals surface area contributed by atoms with Crippen molar-refractivity contribution >= 4 is 0 Å². The molecule has 68 valence electrons. The van der Waals surface area contributed by atoms with Gasteiger partial charge in [0.15, 0.2) is 0 Å². The molecule has 0 amide bonds. The first-order valence-electron chi connectivity index (χ1n) is 4.18. The Morgan fingerprint density at radius 1 is 1.38 bits per heavy atom. The SMILES string of the molecule is C=C/C(N)=C/NCc1ccccc1. The summed E-state index contributed by atoms with van der Waals surface area (Å²) in [7, 11) is 0. The van der Waals surface area contributed by atoms with Crippen LogP contribution in [0.2, 0.25) is 0 Å². The molecule has 0 fully saturated rings. The Morgan fingerprint density at radius 3 is 2.69 bits per heavy atom.